The van der Waals surface area contributed by atoms with Crippen LogP contribution in [0.2, 0.25) is 0 Å². The zero-order valence-electron chi connectivity index (χ0n) is 8.33. The quantitative estimate of drug-likeness (QED) is 0.498. The van der Waals surface area contributed by atoms with Crippen molar-refractivity contribution in [3.8, 4) is 0 Å². The summed E-state index contributed by atoms with van der Waals surface area (Å²) in [6.07, 6.45) is 3.36. The molecule has 2 amide bonds. The van der Waals surface area contributed by atoms with Gasteiger partial charge in [0.1, 0.15) is 0 Å². The van der Waals surface area contributed by atoms with Crippen molar-refractivity contribution in [3.05, 3.63) is 0 Å². The molecule has 0 unspecified atom stereocenters. The molecule has 5 nitrogen and oxygen atoms in total. The molecule has 0 bridgehead atoms. The summed E-state index contributed by atoms with van der Waals surface area (Å²) in [6.45, 7) is 0.898. The number of hydrogen-bond donors (Lipinski definition) is 4. The van der Waals surface area contributed by atoms with Crippen LogP contribution in [0.1, 0.15) is 25.7 Å². The minimum Gasteiger partial charge on any atom is -0.391 e. The molecule has 0 radical (unpaired) electrons. The average molecular weight is 201 g/mol. The van der Waals surface area contributed by atoms with Gasteiger partial charge in [0.2, 0.25) is 0 Å². The highest BCUT2D eigenvalue weighted by molar-refractivity contribution is 5.74. The van der Waals surface area contributed by atoms with Crippen molar-refractivity contribution in [1.82, 2.24) is 10.6 Å². The van der Waals surface area contributed by atoms with Crippen LogP contribution in [0.25, 0.3) is 0 Å². The number of nitrogens with two attached hydrogens (primary N) is 1. The molecule has 0 aliphatic heterocycles. The van der Waals surface area contributed by atoms with Crippen molar-refractivity contribution < 1.29 is 9.90 Å². The van der Waals surface area contributed by atoms with Crippen LogP contribution in [-0.2, 0) is 0 Å². The van der Waals surface area contributed by atoms with Crippen LogP contribution < -0.4 is 16.4 Å². The molecule has 0 saturated heterocycles. The van der Waals surface area contributed by atoms with Gasteiger partial charge in [-0.2, -0.15) is 0 Å². The van der Waals surface area contributed by atoms with E-state index >= 15 is 0 Å². The first-order chi connectivity index (χ1) is 6.74. The molecule has 1 aliphatic carbocycles. The van der Waals surface area contributed by atoms with Gasteiger partial charge in [0.05, 0.1) is 12.1 Å². The van der Waals surface area contributed by atoms with E-state index in [1.807, 2.05) is 0 Å². The highest BCUT2D eigenvalue weighted by atomic mass is 16.3. The number of carbonyl (C=O) groups excluding carboxylic acids is 1. The van der Waals surface area contributed by atoms with Crippen molar-refractivity contribution in [2.75, 3.05) is 13.1 Å². The van der Waals surface area contributed by atoms with Crippen molar-refractivity contribution >= 4 is 6.03 Å². The SMILES string of the molecule is NCCNC(=O)N[C@@H]1CCCC[C@H]1O. The minimum absolute atomic E-state index is 0.0958. The van der Waals surface area contributed by atoms with Crippen molar-refractivity contribution in [1.29, 1.82) is 0 Å². The summed E-state index contributed by atoms with van der Waals surface area (Å²) in [5.74, 6) is 0. The smallest absolute Gasteiger partial charge is 0.315 e. The monoisotopic (exact) mass is 201 g/mol. The number of aliphatic hydroxyl groups is 1. The number of hydrogen-bond acceptors (Lipinski definition) is 3. The van der Waals surface area contributed by atoms with Gasteiger partial charge in [0, 0.05) is 13.1 Å². The van der Waals surface area contributed by atoms with E-state index in [9.17, 15) is 9.90 Å². The third-order valence-electron chi connectivity index (χ3n) is 2.48. The topological polar surface area (TPSA) is 87.4 Å². The standard InChI is InChI=1S/C9H19N3O2/c10-5-6-11-9(14)12-7-3-1-2-4-8(7)13/h7-8,13H,1-6,10H2,(H2,11,12,14)/t7-,8-/m1/s1. The zero-order valence-corrected chi connectivity index (χ0v) is 8.33. The maximum atomic E-state index is 11.2. The Bertz CT molecular complexity index is 187. The van der Waals surface area contributed by atoms with Gasteiger partial charge in [-0.3, -0.25) is 0 Å². The molecule has 1 aliphatic rings. The van der Waals surface area contributed by atoms with Crippen molar-refractivity contribution in [2.24, 2.45) is 5.73 Å². The Morgan fingerprint density at radius 3 is 2.79 bits per heavy atom. The third kappa shape index (κ3) is 3.51. The molecule has 82 valence electrons. The third-order valence-corrected chi connectivity index (χ3v) is 2.48. The number of urea groups is 1. The highest BCUT2D eigenvalue weighted by Gasteiger charge is 2.23. The number of rotatable bonds is 3. The lowest BCUT2D eigenvalue weighted by Crippen LogP contribution is -2.49. The van der Waals surface area contributed by atoms with E-state index in [0.717, 1.165) is 25.7 Å². The molecule has 2 atom stereocenters. The van der Waals surface area contributed by atoms with E-state index in [4.69, 9.17) is 5.73 Å². The van der Waals surface area contributed by atoms with Crippen LogP contribution in [0, 0.1) is 0 Å². The van der Waals surface area contributed by atoms with E-state index in [2.05, 4.69) is 10.6 Å². The molecule has 1 fully saturated rings. The van der Waals surface area contributed by atoms with E-state index in [-0.39, 0.29) is 12.1 Å². The fraction of sp³-hybridized carbons (Fsp3) is 0.889. The summed E-state index contributed by atoms with van der Waals surface area (Å²) in [6, 6.07) is -0.331. The molecular formula is C9H19N3O2. The fourth-order valence-electron chi connectivity index (χ4n) is 1.68. The normalized spacial score (nSPS) is 27.0. The maximum Gasteiger partial charge on any atom is 0.315 e. The van der Waals surface area contributed by atoms with Crippen LogP contribution >= 0.6 is 0 Å². The lowest BCUT2D eigenvalue weighted by atomic mass is 9.93. The highest BCUT2D eigenvalue weighted by Crippen LogP contribution is 2.17. The first kappa shape index (κ1) is 11.3. The Kier molecular flexibility index (Phi) is 4.69. The summed E-state index contributed by atoms with van der Waals surface area (Å²) in [5.41, 5.74) is 5.25. The molecule has 1 rings (SSSR count). The summed E-state index contributed by atoms with van der Waals surface area (Å²) < 4.78 is 0. The average Bonchev–Trinajstić information content (AvgIpc) is 2.18. The van der Waals surface area contributed by atoms with Gasteiger partial charge < -0.3 is 21.5 Å². The Balaban J connectivity index is 2.23. The molecule has 0 aromatic heterocycles. The lowest BCUT2D eigenvalue weighted by molar-refractivity contribution is 0.0944. The fourth-order valence-corrected chi connectivity index (χ4v) is 1.68. The molecule has 5 heteroatoms. The molecule has 5 N–H and O–H groups in total. The van der Waals surface area contributed by atoms with Gasteiger partial charge in [0.25, 0.3) is 0 Å². The van der Waals surface area contributed by atoms with Crippen LogP contribution in [-0.4, -0.2) is 36.4 Å². The second-order valence-electron chi connectivity index (χ2n) is 3.65. The number of nitrogens with one attached hydrogen (secondary N) is 2. The van der Waals surface area contributed by atoms with E-state index in [1.54, 1.807) is 0 Å². The Morgan fingerprint density at radius 2 is 2.14 bits per heavy atom. The van der Waals surface area contributed by atoms with Crippen LogP contribution in [0.3, 0.4) is 0 Å². The van der Waals surface area contributed by atoms with Gasteiger partial charge in [-0.15, -0.1) is 0 Å². The largest absolute Gasteiger partial charge is 0.391 e. The number of aliphatic hydroxyl groups excluding tert-OH is 1. The Morgan fingerprint density at radius 1 is 1.43 bits per heavy atom. The Labute approximate surface area is 84.0 Å². The lowest BCUT2D eigenvalue weighted by Gasteiger charge is -2.28. The molecule has 1 saturated carbocycles. The first-order valence-electron chi connectivity index (χ1n) is 5.16. The predicted octanol–water partition coefficient (Wildman–Crippen LogP) is -0.452. The Hall–Kier alpha value is -0.810. The first-order valence-corrected chi connectivity index (χ1v) is 5.16. The molecule has 0 aromatic carbocycles. The molecule has 14 heavy (non-hydrogen) atoms. The second-order valence-corrected chi connectivity index (χ2v) is 3.65. The second kappa shape index (κ2) is 5.82. The van der Waals surface area contributed by atoms with E-state index in [1.165, 1.54) is 0 Å². The van der Waals surface area contributed by atoms with Crippen LogP contribution in [0.5, 0.6) is 0 Å². The van der Waals surface area contributed by atoms with Crippen molar-refractivity contribution in [3.63, 3.8) is 0 Å². The summed E-state index contributed by atoms with van der Waals surface area (Å²) >= 11 is 0. The van der Waals surface area contributed by atoms with E-state index in [0.29, 0.717) is 13.1 Å². The number of amides is 2. The summed E-state index contributed by atoms with van der Waals surface area (Å²) in [4.78, 5) is 11.2. The molecule has 0 heterocycles. The van der Waals surface area contributed by atoms with Gasteiger partial charge in [-0.05, 0) is 12.8 Å². The zero-order chi connectivity index (χ0) is 10.4. The molecule has 0 spiro atoms. The van der Waals surface area contributed by atoms with Gasteiger partial charge >= 0.3 is 6.03 Å². The minimum atomic E-state index is -0.396. The molecular weight excluding hydrogens is 182 g/mol. The summed E-state index contributed by atoms with van der Waals surface area (Å²) in [5, 5.41) is 14.9. The predicted molar refractivity (Wildman–Crippen MR) is 53.9 cm³/mol. The van der Waals surface area contributed by atoms with Crippen molar-refractivity contribution in [2.45, 2.75) is 37.8 Å². The van der Waals surface area contributed by atoms with E-state index < -0.39 is 6.10 Å². The summed E-state index contributed by atoms with van der Waals surface area (Å²) in [7, 11) is 0. The van der Waals surface area contributed by atoms with Gasteiger partial charge in [-0.25, -0.2) is 4.79 Å². The van der Waals surface area contributed by atoms with Gasteiger partial charge in [0.15, 0.2) is 0 Å². The molecule has 0 aromatic rings. The van der Waals surface area contributed by atoms with Crippen LogP contribution in [0.4, 0.5) is 4.79 Å². The van der Waals surface area contributed by atoms with Gasteiger partial charge in [-0.1, -0.05) is 12.8 Å². The number of carbonyl (C=O) groups is 1. The van der Waals surface area contributed by atoms with Crippen LogP contribution in [0.15, 0.2) is 0 Å². The maximum absolute atomic E-state index is 11.2.